The van der Waals surface area contributed by atoms with E-state index in [4.69, 9.17) is 18.9 Å². The molecule has 2 aliphatic rings. The number of carbonyl (C=O) groups is 1. The van der Waals surface area contributed by atoms with Crippen molar-refractivity contribution in [3.63, 3.8) is 0 Å². The molecule has 6 nitrogen and oxygen atoms in total. The Morgan fingerprint density at radius 3 is 2.43 bits per heavy atom. The number of carbonyl (C=O) groups excluding carboxylic acids is 1. The third-order valence-electron chi connectivity index (χ3n) is 6.30. The van der Waals surface area contributed by atoms with Crippen LogP contribution in [-0.4, -0.2) is 42.2 Å². The van der Waals surface area contributed by atoms with Crippen LogP contribution >= 0.6 is 0 Å². The lowest BCUT2D eigenvalue weighted by atomic mass is 9.78. The maximum Gasteiger partial charge on any atom is 0.252 e. The van der Waals surface area contributed by atoms with Gasteiger partial charge in [0.1, 0.15) is 23.6 Å². The first-order chi connectivity index (χ1) is 16.6. The number of hydrogen-bond acceptors (Lipinski definition) is 5. The summed E-state index contributed by atoms with van der Waals surface area (Å²) in [7, 11) is 0. The minimum absolute atomic E-state index is 0.0678. The fourth-order valence-corrected chi connectivity index (χ4v) is 4.67. The van der Waals surface area contributed by atoms with Gasteiger partial charge in [-0.1, -0.05) is 18.2 Å². The first-order valence-electron chi connectivity index (χ1n) is 11.7. The third-order valence-corrected chi connectivity index (χ3v) is 6.30. The molecule has 1 N–H and O–H groups in total. The summed E-state index contributed by atoms with van der Waals surface area (Å²) in [6.07, 6.45) is -1.35. The van der Waals surface area contributed by atoms with Crippen LogP contribution in [0.25, 0.3) is 0 Å². The Labute approximate surface area is 202 Å². The van der Waals surface area contributed by atoms with Gasteiger partial charge in [0.05, 0.1) is 25.4 Å². The number of halogens is 3. The van der Waals surface area contributed by atoms with Crippen molar-refractivity contribution in [3.05, 3.63) is 71.0 Å². The van der Waals surface area contributed by atoms with Crippen LogP contribution in [0.2, 0.25) is 0 Å². The first-order valence-corrected chi connectivity index (χ1v) is 11.7. The van der Waals surface area contributed by atoms with Crippen molar-refractivity contribution < 1.29 is 36.9 Å². The van der Waals surface area contributed by atoms with Crippen molar-refractivity contribution in [2.24, 2.45) is 0 Å². The van der Waals surface area contributed by atoms with Crippen LogP contribution < -0.4 is 5.32 Å². The largest absolute Gasteiger partial charge is 0.370 e. The Kier molecular flexibility index (Phi) is 7.51. The van der Waals surface area contributed by atoms with E-state index in [9.17, 15) is 18.0 Å². The topological polar surface area (TPSA) is 66.0 Å². The second-order valence-corrected chi connectivity index (χ2v) is 9.40. The minimum Gasteiger partial charge on any atom is -0.370 e. The number of likely N-dealkylation sites (N-methyl/N-ethyl adjacent to an activating group) is 1. The molecule has 2 fully saturated rings. The Bertz CT molecular complexity index is 1050. The molecule has 1 aliphatic heterocycles. The van der Waals surface area contributed by atoms with E-state index in [0.717, 1.165) is 12.1 Å². The van der Waals surface area contributed by atoms with Gasteiger partial charge in [-0.25, -0.2) is 13.2 Å². The lowest BCUT2D eigenvalue weighted by Crippen LogP contribution is -2.60. The van der Waals surface area contributed by atoms with E-state index in [1.54, 1.807) is 32.9 Å². The van der Waals surface area contributed by atoms with Crippen LogP contribution in [0.1, 0.15) is 44.7 Å². The number of nitrogens with one attached hydrogen (secondary N) is 1. The quantitative estimate of drug-likeness (QED) is 0.591. The van der Waals surface area contributed by atoms with Crippen LogP contribution in [0.3, 0.4) is 0 Å². The summed E-state index contributed by atoms with van der Waals surface area (Å²) in [5, 5.41) is 2.83. The molecule has 9 heteroatoms. The summed E-state index contributed by atoms with van der Waals surface area (Å²) in [5.74, 6) is -3.00. The maximum absolute atomic E-state index is 14.2. The molecule has 1 amide bonds. The van der Waals surface area contributed by atoms with Gasteiger partial charge in [-0.3, -0.25) is 4.79 Å². The molecule has 1 saturated carbocycles. The molecule has 0 bridgehead atoms. The van der Waals surface area contributed by atoms with Crippen molar-refractivity contribution in [1.82, 2.24) is 5.32 Å². The maximum atomic E-state index is 14.2. The van der Waals surface area contributed by atoms with E-state index in [1.165, 1.54) is 18.2 Å². The summed E-state index contributed by atoms with van der Waals surface area (Å²) < 4.78 is 65.3. The Balaban J connectivity index is 1.59. The molecule has 0 spiro atoms. The third kappa shape index (κ3) is 5.86. The first kappa shape index (κ1) is 25.6. The standard InChI is InChI=1S/C26H30F3NO5/c1-4-30-24(31)26(33-14-16-5-8-18(27)9-6-16)12-21(23-22(13-26)34-25(2,3)35-23)32-15-17-7-10-19(28)11-20(17)29/h5-11,21-23H,4,12-15H2,1-3H3,(H,30,31)/t21-,22-,23+,26-/m1/s1. The van der Waals surface area contributed by atoms with Crippen LogP contribution in [-0.2, 0) is 37.0 Å². The average Bonchev–Trinajstić information content (AvgIpc) is 3.12. The molecule has 0 unspecified atom stereocenters. The minimum atomic E-state index is -1.32. The Morgan fingerprint density at radius 2 is 1.74 bits per heavy atom. The monoisotopic (exact) mass is 493 g/mol. The van der Waals surface area contributed by atoms with Crippen LogP contribution in [0.4, 0.5) is 13.2 Å². The number of hydrogen-bond donors (Lipinski definition) is 1. The van der Waals surface area contributed by atoms with Crippen LogP contribution in [0.5, 0.6) is 0 Å². The molecule has 4 atom stereocenters. The highest BCUT2D eigenvalue weighted by atomic mass is 19.1. The van der Waals surface area contributed by atoms with Gasteiger partial charge < -0.3 is 24.3 Å². The molecule has 2 aromatic rings. The Morgan fingerprint density at radius 1 is 1.03 bits per heavy atom. The van der Waals surface area contributed by atoms with Crippen molar-refractivity contribution in [2.75, 3.05) is 6.54 Å². The predicted molar refractivity (Wildman–Crippen MR) is 121 cm³/mol. The lowest BCUT2D eigenvalue weighted by molar-refractivity contribution is -0.183. The van der Waals surface area contributed by atoms with Crippen molar-refractivity contribution in [1.29, 1.82) is 0 Å². The van der Waals surface area contributed by atoms with Gasteiger partial charge in [-0.05, 0) is 44.5 Å². The lowest BCUT2D eigenvalue weighted by Gasteiger charge is -2.43. The van der Waals surface area contributed by atoms with Gasteiger partial charge in [0, 0.05) is 31.0 Å². The average molecular weight is 494 g/mol. The molecule has 190 valence electrons. The number of benzene rings is 2. The van der Waals surface area contributed by atoms with Gasteiger partial charge in [-0.2, -0.15) is 0 Å². The fourth-order valence-electron chi connectivity index (χ4n) is 4.67. The number of ether oxygens (including phenoxy) is 4. The van der Waals surface area contributed by atoms with Crippen molar-refractivity contribution >= 4 is 5.91 Å². The molecule has 0 radical (unpaired) electrons. The highest BCUT2D eigenvalue weighted by Gasteiger charge is 2.58. The second kappa shape index (κ2) is 10.3. The smallest absolute Gasteiger partial charge is 0.252 e. The van der Waals surface area contributed by atoms with E-state index in [1.807, 2.05) is 0 Å². The highest BCUT2D eigenvalue weighted by Crippen LogP contribution is 2.44. The van der Waals surface area contributed by atoms with Gasteiger partial charge in [0.15, 0.2) is 11.4 Å². The zero-order valence-electron chi connectivity index (χ0n) is 20.0. The van der Waals surface area contributed by atoms with Gasteiger partial charge >= 0.3 is 0 Å². The molecular formula is C26H30F3NO5. The van der Waals surface area contributed by atoms with Crippen LogP contribution in [0, 0.1) is 17.5 Å². The second-order valence-electron chi connectivity index (χ2n) is 9.40. The van der Waals surface area contributed by atoms with Crippen molar-refractivity contribution in [2.45, 2.75) is 76.5 Å². The zero-order valence-corrected chi connectivity index (χ0v) is 20.0. The predicted octanol–water partition coefficient (Wildman–Crippen LogP) is 4.39. The number of fused-ring (bicyclic) bond motifs is 1. The number of amides is 1. The normalized spacial score (nSPS) is 27.4. The SMILES string of the molecule is CCNC(=O)[C@@]1(OCc2ccc(F)cc2)C[C@@H](OCc2ccc(F)cc2F)[C@@H]2OC(C)(C)O[C@@H]2C1. The molecule has 4 rings (SSSR count). The summed E-state index contributed by atoms with van der Waals surface area (Å²) in [4.78, 5) is 13.3. The zero-order chi connectivity index (χ0) is 25.2. The Hall–Kier alpha value is -2.46. The summed E-state index contributed by atoms with van der Waals surface area (Å²) in [6.45, 7) is 5.67. The molecular weight excluding hydrogens is 463 g/mol. The summed E-state index contributed by atoms with van der Waals surface area (Å²) in [5.41, 5.74) is -0.434. The molecule has 1 heterocycles. The molecule has 35 heavy (non-hydrogen) atoms. The molecule has 2 aromatic carbocycles. The van der Waals surface area contributed by atoms with Crippen LogP contribution in [0.15, 0.2) is 42.5 Å². The molecule has 1 saturated heterocycles. The van der Waals surface area contributed by atoms with Crippen molar-refractivity contribution in [3.8, 4) is 0 Å². The van der Waals surface area contributed by atoms with E-state index < -0.39 is 41.3 Å². The number of rotatable bonds is 8. The van der Waals surface area contributed by atoms with E-state index in [2.05, 4.69) is 5.32 Å². The summed E-state index contributed by atoms with van der Waals surface area (Å²) >= 11 is 0. The van der Waals surface area contributed by atoms with Gasteiger partial charge in [0.2, 0.25) is 0 Å². The van der Waals surface area contributed by atoms with E-state index in [-0.39, 0.29) is 43.3 Å². The highest BCUT2D eigenvalue weighted by molar-refractivity contribution is 5.85. The van der Waals surface area contributed by atoms with Gasteiger partial charge in [-0.15, -0.1) is 0 Å². The summed E-state index contributed by atoms with van der Waals surface area (Å²) in [6, 6.07) is 9.12. The van der Waals surface area contributed by atoms with E-state index in [0.29, 0.717) is 12.1 Å². The fraction of sp³-hybridized carbons (Fsp3) is 0.500. The molecule has 1 aliphatic carbocycles. The molecule has 0 aromatic heterocycles. The van der Waals surface area contributed by atoms with E-state index >= 15 is 0 Å². The van der Waals surface area contributed by atoms with Gasteiger partial charge in [0.25, 0.3) is 5.91 Å².